The smallest absolute Gasteiger partial charge is 0.123 e. The van der Waals surface area contributed by atoms with Crippen LogP contribution in [0.25, 0.3) is 0 Å². The summed E-state index contributed by atoms with van der Waals surface area (Å²) in [6.45, 7) is 2.02. The molecule has 0 spiro atoms. The number of methoxy groups -OCH3 is 1. The molecule has 2 rings (SSSR count). The molecule has 1 aliphatic carbocycles. The molecule has 0 radical (unpaired) electrons. The van der Waals surface area contributed by atoms with Crippen LogP contribution in [-0.4, -0.2) is 19.8 Å². The number of halogens is 1. The van der Waals surface area contributed by atoms with Crippen LogP contribution in [0, 0.1) is 12.7 Å². The lowest BCUT2D eigenvalue weighted by Gasteiger charge is -2.47. The van der Waals surface area contributed by atoms with Crippen molar-refractivity contribution in [3.63, 3.8) is 0 Å². The SMILES string of the molecule is CNC(c1cc(F)ccc1C)C1(OC)CCC1. The first-order valence-electron chi connectivity index (χ1n) is 6.11. The zero-order valence-corrected chi connectivity index (χ0v) is 10.7. The lowest BCUT2D eigenvalue weighted by molar-refractivity contribution is -0.0984. The first kappa shape index (κ1) is 12.5. The summed E-state index contributed by atoms with van der Waals surface area (Å²) in [6, 6.07) is 5.02. The Hall–Kier alpha value is -0.930. The Kier molecular flexibility index (Phi) is 3.50. The summed E-state index contributed by atoms with van der Waals surface area (Å²) in [4.78, 5) is 0. The lowest BCUT2D eigenvalue weighted by atomic mass is 9.71. The lowest BCUT2D eigenvalue weighted by Crippen LogP contribution is -2.50. The molecule has 17 heavy (non-hydrogen) atoms. The average Bonchev–Trinajstić information content (AvgIpc) is 2.27. The molecule has 1 aromatic rings. The fourth-order valence-corrected chi connectivity index (χ4v) is 2.76. The second-order valence-corrected chi connectivity index (χ2v) is 4.85. The van der Waals surface area contributed by atoms with E-state index in [1.165, 1.54) is 12.5 Å². The summed E-state index contributed by atoms with van der Waals surface area (Å²) in [5.41, 5.74) is 1.95. The Labute approximate surface area is 102 Å². The zero-order chi connectivity index (χ0) is 12.5. The minimum atomic E-state index is -0.184. The standard InChI is InChI=1S/C14H20FNO/c1-10-5-6-11(15)9-12(10)13(16-2)14(17-3)7-4-8-14/h5-6,9,13,16H,4,7-8H2,1-3H3. The van der Waals surface area contributed by atoms with Crippen molar-refractivity contribution in [1.82, 2.24) is 5.32 Å². The third-order valence-electron chi connectivity index (χ3n) is 3.97. The fourth-order valence-electron chi connectivity index (χ4n) is 2.76. The summed E-state index contributed by atoms with van der Waals surface area (Å²) in [6.07, 6.45) is 3.25. The first-order valence-corrected chi connectivity index (χ1v) is 6.11. The highest BCUT2D eigenvalue weighted by Crippen LogP contribution is 2.45. The molecule has 1 unspecified atom stereocenters. The third-order valence-corrected chi connectivity index (χ3v) is 3.97. The molecule has 2 nitrogen and oxygen atoms in total. The van der Waals surface area contributed by atoms with Gasteiger partial charge >= 0.3 is 0 Å². The number of likely N-dealkylation sites (N-methyl/N-ethyl adjacent to an activating group) is 1. The van der Waals surface area contributed by atoms with Crippen LogP contribution in [-0.2, 0) is 4.74 Å². The first-order chi connectivity index (χ1) is 8.13. The van der Waals surface area contributed by atoms with Crippen molar-refractivity contribution in [2.45, 2.75) is 37.8 Å². The van der Waals surface area contributed by atoms with E-state index in [1.54, 1.807) is 13.2 Å². The molecule has 0 bridgehead atoms. The van der Waals surface area contributed by atoms with Gasteiger partial charge in [-0.2, -0.15) is 0 Å². The van der Waals surface area contributed by atoms with Gasteiger partial charge in [-0.15, -0.1) is 0 Å². The second-order valence-electron chi connectivity index (χ2n) is 4.85. The van der Waals surface area contributed by atoms with Gasteiger partial charge in [0.05, 0.1) is 11.6 Å². The van der Waals surface area contributed by atoms with E-state index in [0.29, 0.717) is 0 Å². The number of rotatable bonds is 4. The molecule has 3 heteroatoms. The second kappa shape index (κ2) is 4.75. The topological polar surface area (TPSA) is 21.3 Å². The van der Waals surface area contributed by atoms with Gasteiger partial charge in [-0.05, 0) is 56.5 Å². The number of aryl methyl sites for hydroxylation is 1. The molecule has 1 N–H and O–H groups in total. The molecule has 1 fully saturated rings. The Morgan fingerprint density at radius 2 is 2.12 bits per heavy atom. The molecular weight excluding hydrogens is 217 g/mol. The highest BCUT2D eigenvalue weighted by molar-refractivity contribution is 5.32. The molecule has 1 atom stereocenters. The number of hydrogen-bond acceptors (Lipinski definition) is 2. The van der Waals surface area contributed by atoms with E-state index < -0.39 is 0 Å². The number of nitrogens with one attached hydrogen (secondary N) is 1. The Morgan fingerprint density at radius 3 is 2.59 bits per heavy atom. The van der Waals surface area contributed by atoms with E-state index in [1.807, 2.05) is 20.0 Å². The third kappa shape index (κ3) is 2.09. The minimum Gasteiger partial charge on any atom is -0.376 e. The molecular formula is C14H20FNO. The van der Waals surface area contributed by atoms with Gasteiger partial charge in [0.1, 0.15) is 5.82 Å². The molecule has 1 saturated carbocycles. The van der Waals surface area contributed by atoms with E-state index in [-0.39, 0.29) is 17.5 Å². The van der Waals surface area contributed by atoms with Gasteiger partial charge in [-0.1, -0.05) is 6.07 Å². The van der Waals surface area contributed by atoms with Crippen molar-refractivity contribution in [2.75, 3.05) is 14.2 Å². The summed E-state index contributed by atoms with van der Waals surface area (Å²) in [5, 5.41) is 3.29. The summed E-state index contributed by atoms with van der Waals surface area (Å²) < 4.78 is 19.1. The van der Waals surface area contributed by atoms with Gasteiger partial charge in [0.15, 0.2) is 0 Å². The summed E-state index contributed by atoms with van der Waals surface area (Å²) in [7, 11) is 3.66. The molecule has 94 valence electrons. The Balaban J connectivity index is 2.37. The van der Waals surface area contributed by atoms with E-state index in [0.717, 1.165) is 24.0 Å². The van der Waals surface area contributed by atoms with Gasteiger partial charge < -0.3 is 10.1 Å². The van der Waals surface area contributed by atoms with Crippen molar-refractivity contribution < 1.29 is 9.13 Å². The summed E-state index contributed by atoms with van der Waals surface area (Å²) in [5.74, 6) is -0.184. The van der Waals surface area contributed by atoms with Crippen LogP contribution in [0.1, 0.15) is 36.4 Å². The Morgan fingerprint density at radius 1 is 1.41 bits per heavy atom. The van der Waals surface area contributed by atoms with Crippen LogP contribution in [0.4, 0.5) is 4.39 Å². The van der Waals surface area contributed by atoms with Crippen LogP contribution in [0.3, 0.4) is 0 Å². The van der Waals surface area contributed by atoms with Crippen LogP contribution in [0.15, 0.2) is 18.2 Å². The van der Waals surface area contributed by atoms with Crippen molar-refractivity contribution >= 4 is 0 Å². The van der Waals surface area contributed by atoms with E-state index in [2.05, 4.69) is 5.32 Å². The van der Waals surface area contributed by atoms with E-state index in [9.17, 15) is 4.39 Å². The van der Waals surface area contributed by atoms with Crippen LogP contribution < -0.4 is 5.32 Å². The average molecular weight is 237 g/mol. The maximum atomic E-state index is 13.4. The monoisotopic (exact) mass is 237 g/mol. The van der Waals surface area contributed by atoms with E-state index in [4.69, 9.17) is 4.74 Å². The number of ether oxygens (including phenoxy) is 1. The van der Waals surface area contributed by atoms with Gasteiger partial charge in [-0.25, -0.2) is 4.39 Å². The predicted molar refractivity (Wildman–Crippen MR) is 66.5 cm³/mol. The van der Waals surface area contributed by atoms with Crippen LogP contribution >= 0.6 is 0 Å². The Bertz CT molecular complexity index is 396. The predicted octanol–water partition coefficient (Wildman–Crippen LogP) is 2.96. The zero-order valence-electron chi connectivity index (χ0n) is 10.7. The molecule has 0 heterocycles. The highest BCUT2D eigenvalue weighted by atomic mass is 19.1. The van der Waals surface area contributed by atoms with Gasteiger partial charge in [0.2, 0.25) is 0 Å². The van der Waals surface area contributed by atoms with Crippen molar-refractivity contribution in [1.29, 1.82) is 0 Å². The molecule has 1 aromatic carbocycles. The minimum absolute atomic E-state index is 0.0666. The van der Waals surface area contributed by atoms with Gasteiger partial charge in [0, 0.05) is 7.11 Å². The maximum Gasteiger partial charge on any atom is 0.123 e. The maximum absolute atomic E-state index is 13.4. The van der Waals surface area contributed by atoms with Gasteiger partial charge in [0.25, 0.3) is 0 Å². The molecule has 0 saturated heterocycles. The van der Waals surface area contributed by atoms with Crippen LogP contribution in [0.5, 0.6) is 0 Å². The van der Waals surface area contributed by atoms with Crippen molar-refractivity contribution in [2.24, 2.45) is 0 Å². The molecule has 0 aliphatic heterocycles. The molecule has 0 aromatic heterocycles. The van der Waals surface area contributed by atoms with Crippen LogP contribution in [0.2, 0.25) is 0 Å². The number of benzene rings is 1. The van der Waals surface area contributed by atoms with E-state index >= 15 is 0 Å². The summed E-state index contributed by atoms with van der Waals surface area (Å²) >= 11 is 0. The quantitative estimate of drug-likeness (QED) is 0.869. The fraction of sp³-hybridized carbons (Fsp3) is 0.571. The molecule has 1 aliphatic rings. The normalized spacial score (nSPS) is 19.8. The highest BCUT2D eigenvalue weighted by Gasteiger charge is 2.45. The molecule has 0 amide bonds. The van der Waals surface area contributed by atoms with Gasteiger partial charge in [-0.3, -0.25) is 0 Å². The number of hydrogen-bond donors (Lipinski definition) is 1. The largest absolute Gasteiger partial charge is 0.376 e. The van der Waals surface area contributed by atoms with Crippen molar-refractivity contribution in [3.8, 4) is 0 Å². The van der Waals surface area contributed by atoms with Crippen molar-refractivity contribution in [3.05, 3.63) is 35.1 Å².